The third kappa shape index (κ3) is 2.19. The van der Waals surface area contributed by atoms with Gasteiger partial charge in [-0.3, -0.25) is 0 Å². The molecule has 0 aromatic carbocycles. The van der Waals surface area contributed by atoms with E-state index in [1.165, 1.54) is 4.68 Å². The minimum atomic E-state index is -4.46. The highest BCUT2D eigenvalue weighted by Gasteiger charge is 2.36. The van der Waals surface area contributed by atoms with E-state index < -0.39 is 17.5 Å². The van der Waals surface area contributed by atoms with Crippen LogP contribution < -0.4 is 0 Å². The molecule has 1 heterocycles. The molecule has 0 saturated heterocycles. The molecule has 0 N–H and O–H groups in total. The maximum Gasteiger partial charge on any atom is 0.453 e. The van der Waals surface area contributed by atoms with Gasteiger partial charge in [0.05, 0.1) is 5.54 Å². The van der Waals surface area contributed by atoms with Crippen molar-refractivity contribution in [3.05, 3.63) is 12.2 Å². The Bertz CT molecular complexity index is 266. The zero-order valence-electron chi connectivity index (χ0n) is 7.55. The topological polar surface area (TPSA) is 30.7 Å². The number of hydrogen-bond donors (Lipinski definition) is 0. The minimum Gasteiger partial charge on any atom is -0.247 e. The summed E-state index contributed by atoms with van der Waals surface area (Å²) in [5.41, 5.74) is -0.476. The lowest BCUT2D eigenvalue weighted by atomic mass is 10.1. The fourth-order valence-corrected chi connectivity index (χ4v) is 0.716. The Labute approximate surface area is 73.6 Å². The van der Waals surface area contributed by atoms with Crippen LogP contribution in [0.2, 0.25) is 0 Å². The van der Waals surface area contributed by atoms with E-state index in [1.807, 2.05) is 0 Å². The summed E-state index contributed by atoms with van der Waals surface area (Å²) >= 11 is 0. The van der Waals surface area contributed by atoms with Gasteiger partial charge in [-0.25, -0.2) is 9.67 Å². The van der Waals surface area contributed by atoms with Crippen molar-refractivity contribution in [2.24, 2.45) is 0 Å². The summed E-state index contributed by atoms with van der Waals surface area (Å²) in [7, 11) is 0. The lowest BCUT2D eigenvalue weighted by Gasteiger charge is -2.17. The molecule has 0 unspecified atom stereocenters. The Morgan fingerprint density at radius 2 is 1.77 bits per heavy atom. The highest BCUT2D eigenvalue weighted by Crippen LogP contribution is 2.26. The molecule has 1 aromatic heterocycles. The zero-order valence-corrected chi connectivity index (χ0v) is 7.55. The molecule has 13 heavy (non-hydrogen) atoms. The second-order valence-electron chi connectivity index (χ2n) is 3.68. The SMILES string of the molecule is CC(C)(C)n1cnc(C(F)(F)F)n1. The van der Waals surface area contributed by atoms with Crippen molar-refractivity contribution in [1.29, 1.82) is 0 Å². The van der Waals surface area contributed by atoms with Gasteiger partial charge in [0.1, 0.15) is 6.33 Å². The Hall–Kier alpha value is -1.07. The van der Waals surface area contributed by atoms with Crippen LogP contribution in [-0.4, -0.2) is 14.8 Å². The van der Waals surface area contributed by atoms with Crippen molar-refractivity contribution < 1.29 is 13.2 Å². The molecule has 1 rings (SSSR count). The molecule has 0 amide bonds. The van der Waals surface area contributed by atoms with Crippen LogP contribution in [0.3, 0.4) is 0 Å². The standard InChI is InChI=1S/C7H10F3N3/c1-6(2,3)13-4-11-5(12-13)7(8,9)10/h4H,1-3H3. The number of rotatable bonds is 0. The largest absolute Gasteiger partial charge is 0.453 e. The molecule has 0 radical (unpaired) electrons. The van der Waals surface area contributed by atoms with E-state index in [1.54, 1.807) is 20.8 Å². The quantitative estimate of drug-likeness (QED) is 0.631. The van der Waals surface area contributed by atoms with E-state index in [0.29, 0.717) is 0 Å². The monoisotopic (exact) mass is 193 g/mol. The first kappa shape index (κ1) is 10.0. The summed E-state index contributed by atoms with van der Waals surface area (Å²) in [4.78, 5) is 3.18. The van der Waals surface area contributed by atoms with Gasteiger partial charge in [-0.15, -0.1) is 5.10 Å². The Morgan fingerprint density at radius 3 is 2.00 bits per heavy atom. The maximum absolute atomic E-state index is 12.1. The normalized spacial score (nSPS) is 13.4. The molecule has 0 aliphatic carbocycles. The predicted octanol–water partition coefficient (Wildman–Crippen LogP) is 2.05. The van der Waals surface area contributed by atoms with Crippen LogP contribution in [0, 0.1) is 0 Å². The molecule has 1 aromatic rings. The van der Waals surface area contributed by atoms with Crippen LogP contribution in [0.5, 0.6) is 0 Å². The lowest BCUT2D eigenvalue weighted by Crippen LogP contribution is -2.23. The van der Waals surface area contributed by atoms with Crippen LogP contribution in [-0.2, 0) is 11.7 Å². The lowest BCUT2D eigenvalue weighted by molar-refractivity contribution is -0.145. The number of alkyl halides is 3. The summed E-state index contributed by atoms with van der Waals surface area (Å²) < 4.78 is 37.3. The average Bonchev–Trinajstić information content (AvgIpc) is 2.28. The number of aromatic nitrogens is 3. The van der Waals surface area contributed by atoms with Gasteiger partial charge in [-0.05, 0) is 20.8 Å². The van der Waals surface area contributed by atoms with E-state index in [2.05, 4.69) is 10.1 Å². The van der Waals surface area contributed by atoms with Gasteiger partial charge >= 0.3 is 6.18 Å². The first-order valence-electron chi connectivity index (χ1n) is 3.70. The molecule has 0 spiro atoms. The third-order valence-corrected chi connectivity index (χ3v) is 1.43. The van der Waals surface area contributed by atoms with Crippen molar-refractivity contribution in [2.75, 3.05) is 0 Å². The minimum absolute atomic E-state index is 0.476. The fourth-order valence-electron chi connectivity index (χ4n) is 0.716. The Morgan fingerprint density at radius 1 is 1.23 bits per heavy atom. The van der Waals surface area contributed by atoms with E-state index in [-0.39, 0.29) is 0 Å². The Kier molecular flexibility index (Phi) is 2.09. The first-order valence-corrected chi connectivity index (χ1v) is 3.70. The van der Waals surface area contributed by atoms with Crippen molar-refractivity contribution in [3.63, 3.8) is 0 Å². The molecule has 6 heteroatoms. The average molecular weight is 193 g/mol. The molecule has 0 saturated carbocycles. The molecule has 0 aliphatic rings. The van der Waals surface area contributed by atoms with E-state index in [4.69, 9.17) is 0 Å². The smallest absolute Gasteiger partial charge is 0.247 e. The molecule has 74 valence electrons. The van der Waals surface area contributed by atoms with Crippen LogP contribution in [0.1, 0.15) is 26.6 Å². The molecule has 0 atom stereocenters. The highest BCUT2D eigenvalue weighted by atomic mass is 19.4. The van der Waals surface area contributed by atoms with Crippen LogP contribution in [0.25, 0.3) is 0 Å². The summed E-state index contributed by atoms with van der Waals surface area (Å²) in [6.45, 7) is 5.26. The number of hydrogen-bond acceptors (Lipinski definition) is 2. The van der Waals surface area contributed by atoms with E-state index in [0.717, 1.165) is 6.33 Å². The number of nitrogens with zero attached hydrogens (tertiary/aromatic N) is 3. The van der Waals surface area contributed by atoms with Gasteiger partial charge in [0, 0.05) is 0 Å². The van der Waals surface area contributed by atoms with E-state index in [9.17, 15) is 13.2 Å². The van der Waals surface area contributed by atoms with E-state index >= 15 is 0 Å². The Balaban J connectivity index is 3.01. The number of halogens is 3. The molecule has 0 bridgehead atoms. The van der Waals surface area contributed by atoms with Crippen molar-refractivity contribution >= 4 is 0 Å². The second kappa shape index (κ2) is 2.71. The maximum atomic E-state index is 12.1. The zero-order chi connectivity index (χ0) is 10.3. The van der Waals surface area contributed by atoms with Crippen LogP contribution in [0.4, 0.5) is 13.2 Å². The van der Waals surface area contributed by atoms with Gasteiger partial charge in [-0.2, -0.15) is 13.2 Å². The molecule has 0 fully saturated rings. The van der Waals surface area contributed by atoms with Gasteiger partial charge in [0.2, 0.25) is 0 Å². The van der Waals surface area contributed by atoms with Gasteiger partial charge in [0.15, 0.2) is 0 Å². The predicted molar refractivity (Wildman–Crippen MR) is 40.0 cm³/mol. The van der Waals surface area contributed by atoms with Gasteiger partial charge < -0.3 is 0 Å². The summed E-state index contributed by atoms with van der Waals surface area (Å²) in [5, 5.41) is 3.33. The second-order valence-corrected chi connectivity index (χ2v) is 3.68. The first-order chi connectivity index (χ1) is 5.71. The van der Waals surface area contributed by atoms with Crippen LogP contribution >= 0.6 is 0 Å². The summed E-state index contributed by atoms with van der Waals surface area (Å²) in [6.07, 6.45) is -3.38. The third-order valence-electron chi connectivity index (χ3n) is 1.43. The molecule has 0 aliphatic heterocycles. The van der Waals surface area contributed by atoms with Crippen LogP contribution in [0.15, 0.2) is 6.33 Å². The molecule has 3 nitrogen and oxygen atoms in total. The van der Waals surface area contributed by atoms with Crippen molar-refractivity contribution in [1.82, 2.24) is 14.8 Å². The summed E-state index contributed by atoms with van der Waals surface area (Å²) in [5.74, 6) is -1.09. The molecular formula is C7H10F3N3. The highest BCUT2D eigenvalue weighted by molar-refractivity contribution is 4.89. The fraction of sp³-hybridized carbons (Fsp3) is 0.714. The van der Waals surface area contributed by atoms with Crippen molar-refractivity contribution in [3.8, 4) is 0 Å². The van der Waals surface area contributed by atoms with Crippen molar-refractivity contribution in [2.45, 2.75) is 32.5 Å². The molecular weight excluding hydrogens is 183 g/mol. The van der Waals surface area contributed by atoms with Gasteiger partial charge in [-0.1, -0.05) is 0 Å². The summed E-state index contributed by atoms with van der Waals surface area (Å²) in [6, 6.07) is 0. The van der Waals surface area contributed by atoms with Gasteiger partial charge in [0.25, 0.3) is 5.82 Å².